The highest BCUT2D eigenvalue weighted by atomic mass is 35.5. The van der Waals surface area contributed by atoms with Gasteiger partial charge in [-0.1, -0.05) is 34.8 Å². The number of carbonyl (C=O) groups is 4. The van der Waals surface area contributed by atoms with Gasteiger partial charge in [-0.15, -0.1) is 0 Å². The average molecular weight is 1230 g/mol. The maximum Gasteiger partial charge on any atom is 0.341 e. The summed E-state index contributed by atoms with van der Waals surface area (Å²) in [5.41, 5.74) is 1.22. The van der Waals surface area contributed by atoms with Crippen molar-refractivity contribution >= 4 is 108 Å². The first-order valence-electron chi connectivity index (χ1n) is 27.1. The monoisotopic (exact) mass is 1220 g/mol. The molecule has 24 nitrogen and oxygen atoms in total. The Morgan fingerprint density at radius 2 is 0.798 bits per heavy atom. The van der Waals surface area contributed by atoms with E-state index in [1.807, 2.05) is 19.8 Å². The van der Waals surface area contributed by atoms with Crippen molar-refractivity contribution in [1.82, 2.24) is 13.7 Å². The van der Waals surface area contributed by atoms with Gasteiger partial charge in [0.2, 0.25) is 16.3 Å². The molecular formula is C57H64Cl3N7O17. The lowest BCUT2D eigenvalue weighted by molar-refractivity contribution is -0.138. The van der Waals surface area contributed by atoms with E-state index < -0.39 is 40.2 Å². The number of benzene rings is 3. The number of aliphatic carboxylic acids is 1. The number of carboxylic acids is 4. The summed E-state index contributed by atoms with van der Waals surface area (Å²) >= 11 is 19.1. The highest BCUT2D eigenvalue weighted by molar-refractivity contribution is 6.35. The summed E-state index contributed by atoms with van der Waals surface area (Å²) in [5, 5.41) is 65.2. The molecule has 3 aromatic heterocycles. The Morgan fingerprint density at radius 1 is 0.488 bits per heavy atom. The molecule has 0 spiro atoms. The number of fused-ring (bicyclic) bond motifs is 3. The van der Waals surface area contributed by atoms with E-state index in [1.165, 1.54) is 18.6 Å². The van der Waals surface area contributed by atoms with Crippen LogP contribution in [0.5, 0.6) is 0 Å². The molecule has 0 amide bonds. The fourth-order valence-electron chi connectivity index (χ4n) is 8.80. The molecule has 3 aliphatic rings. The van der Waals surface area contributed by atoms with Crippen molar-refractivity contribution in [1.29, 1.82) is 5.26 Å². The van der Waals surface area contributed by atoms with E-state index in [4.69, 9.17) is 74.0 Å². The van der Waals surface area contributed by atoms with Gasteiger partial charge in [-0.25, -0.2) is 14.4 Å². The number of halogens is 3. The highest BCUT2D eigenvalue weighted by Gasteiger charge is 2.30. The molecule has 9 rings (SSSR count). The summed E-state index contributed by atoms with van der Waals surface area (Å²) < 4.78 is 31.8. The van der Waals surface area contributed by atoms with Crippen molar-refractivity contribution in [3.63, 3.8) is 0 Å². The zero-order valence-electron chi connectivity index (χ0n) is 45.5. The van der Waals surface area contributed by atoms with Crippen LogP contribution in [0.4, 0.5) is 17.1 Å². The molecule has 3 fully saturated rings. The van der Waals surface area contributed by atoms with Crippen LogP contribution < -0.4 is 32.2 Å². The summed E-state index contributed by atoms with van der Waals surface area (Å²) in [6.45, 7) is 4.60. The molecule has 84 heavy (non-hydrogen) atoms. The average Bonchev–Trinajstić information content (AvgIpc) is 2.22. The summed E-state index contributed by atoms with van der Waals surface area (Å²) in [5.74, 6) is -4.63. The van der Waals surface area contributed by atoms with Crippen molar-refractivity contribution in [2.45, 2.75) is 69.5 Å². The quantitative estimate of drug-likeness (QED) is 0.0193. The zero-order chi connectivity index (χ0) is 60.5. The van der Waals surface area contributed by atoms with Crippen molar-refractivity contribution in [3.8, 4) is 6.07 Å². The number of nitriles is 1. The molecule has 0 atom stereocenters. The van der Waals surface area contributed by atoms with Crippen LogP contribution in [0.15, 0.2) is 69.4 Å². The first-order valence-corrected chi connectivity index (χ1v) is 28.2. The number of anilines is 3. The first kappa shape index (κ1) is 64.3. The van der Waals surface area contributed by atoms with E-state index in [1.54, 1.807) is 36.4 Å². The highest BCUT2D eigenvalue weighted by Crippen LogP contribution is 2.41. The molecule has 0 bridgehead atoms. The molecule has 3 heterocycles. The molecular weight excluding hydrogens is 1160 g/mol. The zero-order valence-corrected chi connectivity index (χ0v) is 47.8. The van der Waals surface area contributed by atoms with Crippen molar-refractivity contribution in [3.05, 3.63) is 117 Å². The van der Waals surface area contributed by atoms with Crippen molar-refractivity contribution in [2.75, 3.05) is 108 Å². The van der Waals surface area contributed by atoms with Gasteiger partial charge in [-0.3, -0.25) is 19.2 Å². The van der Waals surface area contributed by atoms with Gasteiger partial charge in [0, 0.05) is 72.5 Å². The van der Waals surface area contributed by atoms with E-state index in [-0.39, 0.29) is 61.1 Å². The molecule has 6 aromatic rings. The number of nitrogens with zero attached hydrogens (tertiary/aromatic N) is 4. The fraction of sp³-hybridized carbons (Fsp3) is 0.439. The van der Waals surface area contributed by atoms with Gasteiger partial charge in [-0.05, 0) is 74.9 Å². The second-order valence-corrected chi connectivity index (χ2v) is 20.8. The van der Waals surface area contributed by atoms with Gasteiger partial charge < -0.3 is 78.9 Å². The van der Waals surface area contributed by atoms with Gasteiger partial charge in [-0.2, -0.15) is 5.26 Å². The van der Waals surface area contributed by atoms with E-state index in [0.717, 1.165) is 38.5 Å². The molecule has 0 radical (unpaired) electrons. The van der Waals surface area contributed by atoms with Gasteiger partial charge >= 0.3 is 23.9 Å². The number of aromatic carboxylic acids is 3. The van der Waals surface area contributed by atoms with Crippen molar-refractivity contribution in [2.24, 2.45) is 0 Å². The normalized spacial score (nSPS) is 13.6. The predicted octanol–water partition coefficient (Wildman–Crippen LogP) is 7.76. The predicted molar refractivity (Wildman–Crippen MR) is 314 cm³/mol. The minimum absolute atomic E-state index is 0.0462. The maximum absolute atomic E-state index is 12.6. The van der Waals surface area contributed by atoms with Crippen LogP contribution in [-0.2, 0) is 28.5 Å². The van der Waals surface area contributed by atoms with E-state index in [0.29, 0.717) is 144 Å². The number of nitrogens with one attached hydrogen (secondary N) is 3. The Labute approximate surface area is 494 Å². The Bertz CT molecular complexity index is 3590. The Kier molecular flexibility index (Phi) is 23.7. The smallest absolute Gasteiger partial charge is 0.341 e. The lowest BCUT2D eigenvalue weighted by Crippen LogP contribution is -2.19. The fourth-order valence-corrected chi connectivity index (χ4v) is 9.48. The SMILES string of the molecule is N#CCCOCCOCCNc1cc2c(=O)c(C(=O)O)cn(C3CC3)c2cc1Cl.O=C(O)CCOCCOCCNc1cc2c(=O)c(C(=O)O)cn(C3CC3)c2cc1Cl.O=C(O)c1cn(C2CC2)c2cc(Cl)c(NCCOCCO)cc2c1=O. The largest absolute Gasteiger partial charge is 0.481 e. The number of hydrogen-bond acceptors (Lipinski definition) is 17. The molecule has 3 aromatic carbocycles. The second kappa shape index (κ2) is 31.0. The number of aromatic nitrogens is 3. The van der Waals surface area contributed by atoms with Crippen LogP contribution in [0.3, 0.4) is 0 Å². The number of pyridine rings is 3. The maximum atomic E-state index is 12.6. The number of hydrogen-bond donors (Lipinski definition) is 8. The number of rotatable bonds is 31. The van der Waals surface area contributed by atoms with Crippen LogP contribution in [0, 0.1) is 11.3 Å². The minimum atomic E-state index is -1.25. The molecule has 8 N–H and O–H groups in total. The second-order valence-electron chi connectivity index (χ2n) is 19.6. The Balaban J connectivity index is 0.000000182. The van der Waals surface area contributed by atoms with Crippen LogP contribution >= 0.6 is 34.8 Å². The molecule has 0 saturated heterocycles. The summed E-state index contributed by atoms with van der Waals surface area (Å²) in [7, 11) is 0. The van der Waals surface area contributed by atoms with Gasteiger partial charge in [0.05, 0.1) is 140 Å². The van der Waals surface area contributed by atoms with Crippen LogP contribution in [-0.4, -0.2) is 155 Å². The van der Waals surface area contributed by atoms with Gasteiger partial charge in [0.15, 0.2) is 0 Å². The van der Waals surface area contributed by atoms with Gasteiger partial charge in [0.1, 0.15) is 16.7 Å². The minimum Gasteiger partial charge on any atom is -0.481 e. The van der Waals surface area contributed by atoms with Crippen molar-refractivity contribution < 1.29 is 68.4 Å². The van der Waals surface area contributed by atoms with Gasteiger partial charge in [0.25, 0.3) is 0 Å². The molecule has 3 aliphatic carbocycles. The standard InChI is InChI=1S/C20H22ClN3O5.C20H23ClN2O7.C17H19ClN2O5/c21-16-11-18-14(19(25)15(20(26)27)12-24(18)13-2-3-13)10-17(16)23-5-7-29-9-8-28-6-1-4-22;21-15-10-17-13(19(26)14(20(27)28)11-23(17)12-1-2-12)9-16(15)22-4-6-30-8-7-29-5-3-18(24)25;18-13-8-15-11(7-14(13)19-3-5-25-6-4-21)16(22)12(17(23)24)9-20(15)10-1-2-10/h10-13,23H,1-3,5-9H2,(H,26,27);9-12,22H,1-8H2,(H,24,25)(H,27,28);7-10,19,21H,1-6H2,(H,23,24). The number of ether oxygens (including phenoxy) is 5. The Hall–Kier alpha value is -7.31. The van der Waals surface area contributed by atoms with Crippen LogP contribution in [0.25, 0.3) is 32.7 Å². The molecule has 27 heteroatoms. The third kappa shape index (κ3) is 17.6. The Morgan fingerprint density at radius 3 is 1.08 bits per heavy atom. The lowest BCUT2D eigenvalue weighted by Gasteiger charge is -2.15. The lowest BCUT2D eigenvalue weighted by atomic mass is 10.1. The number of carboxylic acid groups (broad SMARTS) is 4. The number of aliphatic hydroxyl groups is 1. The third-order valence-electron chi connectivity index (χ3n) is 13.4. The molecule has 450 valence electrons. The summed E-state index contributed by atoms with van der Waals surface area (Å²) in [6, 6.07) is 12.5. The topological polar surface area (TPSA) is 341 Å². The van der Waals surface area contributed by atoms with Crippen LogP contribution in [0.1, 0.15) is 101 Å². The first-order chi connectivity index (χ1) is 40.4. The van der Waals surface area contributed by atoms with E-state index in [9.17, 15) is 48.9 Å². The molecule has 0 unspecified atom stereocenters. The third-order valence-corrected chi connectivity index (χ3v) is 14.3. The van der Waals surface area contributed by atoms with E-state index >= 15 is 0 Å². The number of aliphatic hydroxyl groups excluding tert-OH is 1. The summed E-state index contributed by atoms with van der Waals surface area (Å²) in [6.07, 6.45) is 10.2. The van der Waals surface area contributed by atoms with E-state index in [2.05, 4.69) is 16.0 Å². The summed E-state index contributed by atoms with van der Waals surface area (Å²) in [4.78, 5) is 82.5. The molecule has 3 saturated carbocycles. The van der Waals surface area contributed by atoms with Crippen LogP contribution in [0.2, 0.25) is 15.1 Å². The molecule has 0 aliphatic heterocycles.